The van der Waals surface area contributed by atoms with Gasteiger partial charge in [0.1, 0.15) is 0 Å². The minimum absolute atomic E-state index is 0.987. The van der Waals surface area contributed by atoms with Gasteiger partial charge < -0.3 is 4.57 Å². The number of rotatable bonds is 3. The summed E-state index contributed by atoms with van der Waals surface area (Å²) < 4.78 is 7.32. The molecular formula is C45H27N3S. The molecular weight excluding hydrogens is 615 g/mol. The molecule has 49 heavy (non-hydrogen) atoms. The zero-order chi connectivity index (χ0) is 32.1. The molecule has 11 rings (SSSR count). The molecule has 0 aliphatic heterocycles. The van der Waals surface area contributed by atoms with Crippen molar-refractivity contribution in [2.75, 3.05) is 0 Å². The minimum Gasteiger partial charge on any atom is -0.309 e. The fraction of sp³-hybridized carbons (Fsp3) is 0. The van der Waals surface area contributed by atoms with Crippen LogP contribution in [0.4, 0.5) is 0 Å². The van der Waals surface area contributed by atoms with E-state index in [1.807, 2.05) is 11.3 Å². The molecule has 7 aromatic carbocycles. The highest BCUT2D eigenvalue weighted by Gasteiger charge is 2.23. The van der Waals surface area contributed by atoms with Crippen LogP contribution in [0, 0.1) is 0 Å². The topological polar surface area (TPSA) is 22.8 Å². The maximum Gasteiger partial charge on any atom is 0.156 e. The van der Waals surface area contributed by atoms with E-state index in [4.69, 9.17) is 4.98 Å². The lowest BCUT2D eigenvalue weighted by Crippen LogP contribution is -1.98. The predicted octanol–water partition coefficient (Wildman–Crippen LogP) is 12.5. The molecule has 0 saturated carbocycles. The molecule has 0 aliphatic rings. The fourth-order valence-electron chi connectivity index (χ4n) is 8.03. The summed E-state index contributed by atoms with van der Waals surface area (Å²) in [5, 5.41) is 8.77. The molecule has 4 heteroatoms. The van der Waals surface area contributed by atoms with E-state index in [0.29, 0.717) is 0 Å². The molecule has 0 amide bonds. The summed E-state index contributed by atoms with van der Waals surface area (Å²) in [7, 11) is 0. The molecule has 0 unspecified atom stereocenters. The van der Waals surface area contributed by atoms with Crippen LogP contribution in [-0.2, 0) is 0 Å². The SMILES string of the molecule is c1ccc(-c2ccc(-n3c4ccccc4c4c5c6ccccc6n(-c6nc7ccccc7c7c6sc6ccccc67)c5ccc43)cc2)cc1. The lowest BCUT2D eigenvalue weighted by atomic mass is 10.1. The van der Waals surface area contributed by atoms with Gasteiger partial charge in [-0.15, -0.1) is 11.3 Å². The Morgan fingerprint density at radius 1 is 0.388 bits per heavy atom. The average Bonchev–Trinajstić information content (AvgIpc) is 3.83. The molecule has 228 valence electrons. The van der Waals surface area contributed by atoms with Gasteiger partial charge in [-0.05, 0) is 59.7 Å². The number of hydrogen-bond donors (Lipinski definition) is 0. The number of hydrogen-bond acceptors (Lipinski definition) is 2. The molecule has 0 N–H and O–H groups in total. The first-order chi connectivity index (χ1) is 24.3. The standard InChI is InChI=1S/C45H27N3S/c1-2-12-28(13-3-1)29-22-24-30(25-23-29)47-36-19-9-5-15-32(36)42-38(47)26-27-39-43(42)33-16-6-10-20-37(33)48(39)45-44-41(31-14-4-8-18-35(31)46-45)34-17-7-11-21-40(34)49-44/h1-27H. The molecule has 0 fully saturated rings. The van der Waals surface area contributed by atoms with Crippen molar-refractivity contribution < 1.29 is 0 Å². The van der Waals surface area contributed by atoms with E-state index in [0.717, 1.165) is 28.1 Å². The lowest BCUT2D eigenvalue weighted by molar-refractivity contribution is 1.12. The van der Waals surface area contributed by atoms with Gasteiger partial charge >= 0.3 is 0 Å². The fourth-order valence-corrected chi connectivity index (χ4v) is 9.22. The van der Waals surface area contributed by atoms with E-state index >= 15 is 0 Å². The minimum atomic E-state index is 0.987. The van der Waals surface area contributed by atoms with Crippen molar-refractivity contribution in [1.29, 1.82) is 0 Å². The molecule has 4 aromatic heterocycles. The number of aromatic nitrogens is 3. The van der Waals surface area contributed by atoms with Gasteiger partial charge in [-0.3, -0.25) is 4.57 Å². The van der Waals surface area contributed by atoms with E-state index in [9.17, 15) is 0 Å². The third kappa shape index (κ3) is 3.75. The van der Waals surface area contributed by atoms with Gasteiger partial charge in [-0.2, -0.15) is 0 Å². The Morgan fingerprint density at radius 3 is 1.67 bits per heavy atom. The monoisotopic (exact) mass is 641 g/mol. The Balaban J connectivity index is 1.25. The van der Waals surface area contributed by atoms with Crippen molar-refractivity contribution in [3.05, 3.63) is 164 Å². The van der Waals surface area contributed by atoms with Crippen LogP contribution >= 0.6 is 11.3 Å². The van der Waals surface area contributed by atoms with Crippen molar-refractivity contribution >= 4 is 86.0 Å². The van der Waals surface area contributed by atoms with E-state index < -0.39 is 0 Å². The molecule has 0 radical (unpaired) electrons. The summed E-state index contributed by atoms with van der Waals surface area (Å²) in [4.78, 5) is 5.44. The molecule has 3 nitrogen and oxygen atoms in total. The molecule has 4 heterocycles. The molecule has 0 spiro atoms. The van der Waals surface area contributed by atoms with Gasteiger partial charge in [-0.1, -0.05) is 115 Å². The largest absolute Gasteiger partial charge is 0.309 e. The van der Waals surface area contributed by atoms with Crippen LogP contribution in [0.5, 0.6) is 0 Å². The summed E-state index contributed by atoms with van der Waals surface area (Å²) in [6.45, 7) is 0. The summed E-state index contributed by atoms with van der Waals surface area (Å²) >= 11 is 1.84. The smallest absolute Gasteiger partial charge is 0.156 e. The molecule has 11 aromatic rings. The van der Waals surface area contributed by atoms with E-state index in [-0.39, 0.29) is 0 Å². The summed E-state index contributed by atoms with van der Waals surface area (Å²) in [5.74, 6) is 0.987. The summed E-state index contributed by atoms with van der Waals surface area (Å²) in [5.41, 5.74) is 9.32. The van der Waals surface area contributed by atoms with Gasteiger partial charge in [0, 0.05) is 48.1 Å². The Hall–Kier alpha value is -6.23. The quantitative estimate of drug-likeness (QED) is 0.188. The van der Waals surface area contributed by atoms with Gasteiger partial charge in [0.15, 0.2) is 5.82 Å². The highest BCUT2D eigenvalue weighted by molar-refractivity contribution is 7.26. The number of pyridine rings is 1. The number of nitrogens with zero attached hydrogens (tertiary/aromatic N) is 3. The number of benzene rings is 7. The van der Waals surface area contributed by atoms with E-state index in [1.54, 1.807) is 0 Å². The Morgan fingerprint density at radius 2 is 0.939 bits per heavy atom. The van der Waals surface area contributed by atoms with E-state index in [1.165, 1.54) is 69.3 Å². The third-order valence-corrected chi connectivity index (χ3v) is 11.3. The van der Waals surface area contributed by atoms with Gasteiger partial charge in [-0.25, -0.2) is 4.98 Å². The number of fused-ring (bicyclic) bond motifs is 12. The Labute approximate surface area is 285 Å². The second kappa shape index (κ2) is 10.1. The number of para-hydroxylation sites is 3. The van der Waals surface area contributed by atoms with Crippen LogP contribution in [0.1, 0.15) is 0 Å². The highest BCUT2D eigenvalue weighted by Crippen LogP contribution is 2.46. The summed E-state index contributed by atoms with van der Waals surface area (Å²) in [6.07, 6.45) is 0. The predicted molar refractivity (Wildman–Crippen MR) is 209 cm³/mol. The first-order valence-corrected chi connectivity index (χ1v) is 17.5. The highest BCUT2D eigenvalue weighted by atomic mass is 32.1. The van der Waals surface area contributed by atoms with Crippen molar-refractivity contribution in [1.82, 2.24) is 14.1 Å². The Kier molecular flexibility index (Phi) is 5.54. The van der Waals surface area contributed by atoms with Crippen LogP contribution in [0.3, 0.4) is 0 Å². The van der Waals surface area contributed by atoms with Crippen molar-refractivity contribution in [2.24, 2.45) is 0 Å². The van der Waals surface area contributed by atoms with Gasteiger partial charge in [0.05, 0.1) is 32.3 Å². The molecule has 0 bridgehead atoms. The van der Waals surface area contributed by atoms with Crippen LogP contribution in [-0.4, -0.2) is 14.1 Å². The maximum absolute atomic E-state index is 5.44. The lowest BCUT2D eigenvalue weighted by Gasteiger charge is -2.11. The van der Waals surface area contributed by atoms with Crippen LogP contribution in [0.2, 0.25) is 0 Å². The number of thiophene rings is 1. The first-order valence-electron chi connectivity index (χ1n) is 16.6. The molecule has 0 atom stereocenters. The normalized spacial score (nSPS) is 12.1. The molecule has 0 saturated heterocycles. The second-order valence-corrected chi connectivity index (χ2v) is 13.8. The maximum atomic E-state index is 5.44. The zero-order valence-corrected chi connectivity index (χ0v) is 27.2. The summed E-state index contributed by atoms with van der Waals surface area (Å²) in [6, 6.07) is 59.2. The van der Waals surface area contributed by atoms with Gasteiger partial charge in [0.25, 0.3) is 0 Å². The van der Waals surface area contributed by atoms with Crippen molar-refractivity contribution in [3.63, 3.8) is 0 Å². The van der Waals surface area contributed by atoms with Crippen molar-refractivity contribution in [2.45, 2.75) is 0 Å². The van der Waals surface area contributed by atoms with E-state index in [2.05, 4.69) is 173 Å². The van der Waals surface area contributed by atoms with Crippen molar-refractivity contribution in [3.8, 4) is 22.6 Å². The Bertz CT molecular complexity index is 3090. The third-order valence-electron chi connectivity index (χ3n) is 10.1. The molecule has 0 aliphatic carbocycles. The van der Waals surface area contributed by atoms with Crippen LogP contribution in [0.25, 0.3) is 97.3 Å². The second-order valence-electron chi connectivity index (χ2n) is 12.7. The zero-order valence-electron chi connectivity index (χ0n) is 26.3. The van der Waals surface area contributed by atoms with Gasteiger partial charge in [0.2, 0.25) is 0 Å². The first kappa shape index (κ1) is 26.8. The average molecular weight is 642 g/mol. The van der Waals surface area contributed by atoms with Crippen LogP contribution in [0.15, 0.2) is 164 Å². The van der Waals surface area contributed by atoms with Crippen LogP contribution < -0.4 is 0 Å².